The van der Waals surface area contributed by atoms with Gasteiger partial charge in [-0.3, -0.25) is 0 Å². The average molecular weight is 252 g/mol. The summed E-state index contributed by atoms with van der Waals surface area (Å²) in [5.74, 6) is 0.540. The van der Waals surface area contributed by atoms with Crippen LogP contribution < -0.4 is 0 Å². The van der Waals surface area contributed by atoms with Crippen LogP contribution in [0.5, 0.6) is 0 Å². The minimum absolute atomic E-state index is 0.0772. The van der Waals surface area contributed by atoms with Gasteiger partial charge in [-0.05, 0) is 42.9 Å². The van der Waals surface area contributed by atoms with Crippen LogP contribution in [-0.4, -0.2) is 0 Å². The summed E-state index contributed by atoms with van der Waals surface area (Å²) in [6.45, 7) is 5.96. The zero-order valence-electron chi connectivity index (χ0n) is 11.5. The lowest BCUT2D eigenvalue weighted by Gasteiger charge is -2.15. The molecule has 0 aliphatic rings. The molecule has 0 heterocycles. The second kappa shape index (κ2) is 8.11. The summed E-state index contributed by atoms with van der Waals surface area (Å²) in [7, 11) is 0. The molecule has 1 aromatic carbocycles. The highest BCUT2D eigenvalue weighted by Gasteiger charge is 2.13. The summed E-state index contributed by atoms with van der Waals surface area (Å²) in [4.78, 5) is 0. The first-order valence-corrected chi connectivity index (χ1v) is 6.75. The molecule has 19 heavy (non-hydrogen) atoms. The number of nitrogens with zero attached hydrogens (tertiary/aromatic N) is 2. The largest absolute Gasteiger partial charge is 0.198 e. The number of hydrogen-bond acceptors (Lipinski definition) is 2. The fraction of sp³-hybridized carbons (Fsp3) is 0.412. The number of hydrogen-bond donors (Lipinski definition) is 0. The average Bonchev–Trinajstić information content (AvgIpc) is 2.47. The molecule has 0 N–H and O–H groups in total. The van der Waals surface area contributed by atoms with E-state index in [1.54, 1.807) is 12.1 Å². The van der Waals surface area contributed by atoms with Crippen molar-refractivity contribution in [2.45, 2.75) is 38.5 Å². The molecule has 0 saturated carbocycles. The first kappa shape index (κ1) is 15.0. The van der Waals surface area contributed by atoms with E-state index >= 15 is 0 Å². The molecule has 98 valence electrons. The van der Waals surface area contributed by atoms with Gasteiger partial charge in [-0.15, -0.1) is 6.58 Å². The van der Waals surface area contributed by atoms with E-state index in [-0.39, 0.29) is 5.92 Å². The molecule has 1 aromatic rings. The number of rotatable bonds is 7. The third-order valence-corrected chi connectivity index (χ3v) is 3.54. The number of allylic oxidation sites excluding steroid dienone is 1. The van der Waals surface area contributed by atoms with Crippen molar-refractivity contribution in [1.82, 2.24) is 0 Å². The Bertz CT molecular complexity index is 473. The molecule has 0 spiro atoms. The molecule has 1 rings (SSSR count). The fourth-order valence-corrected chi connectivity index (χ4v) is 2.22. The second-order valence-electron chi connectivity index (χ2n) is 4.79. The van der Waals surface area contributed by atoms with E-state index in [0.717, 1.165) is 31.2 Å². The Balaban J connectivity index is 2.65. The van der Waals surface area contributed by atoms with Crippen molar-refractivity contribution < 1.29 is 0 Å². The van der Waals surface area contributed by atoms with Gasteiger partial charge in [-0.1, -0.05) is 31.6 Å². The zero-order valence-corrected chi connectivity index (χ0v) is 11.5. The van der Waals surface area contributed by atoms with Crippen LogP contribution >= 0.6 is 0 Å². The van der Waals surface area contributed by atoms with Crippen molar-refractivity contribution in [2.75, 3.05) is 0 Å². The summed E-state index contributed by atoms with van der Waals surface area (Å²) in [5, 5.41) is 18.1. The monoisotopic (exact) mass is 252 g/mol. The highest BCUT2D eigenvalue weighted by atomic mass is 14.3. The van der Waals surface area contributed by atoms with E-state index in [4.69, 9.17) is 5.26 Å². The maximum Gasteiger partial charge on any atom is 0.0991 e. The van der Waals surface area contributed by atoms with E-state index < -0.39 is 0 Å². The molecule has 0 aromatic heterocycles. The maximum absolute atomic E-state index is 9.29. The topological polar surface area (TPSA) is 47.6 Å². The highest BCUT2D eigenvalue weighted by Crippen LogP contribution is 2.25. The van der Waals surface area contributed by atoms with Gasteiger partial charge in [0.25, 0.3) is 0 Å². The summed E-state index contributed by atoms with van der Waals surface area (Å²) in [5.41, 5.74) is 1.65. The van der Waals surface area contributed by atoms with E-state index in [1.165, 1.54) is 0 Å². The lowest BCUT2D eigenvalue weighted by Crippen LogP contribution is -2.02. The zero-order chi connectivity index (χ0) is 14.1. The Morgan fingerprint density at radius 3 is 2.37 bits per heavy atom. The van der Waals surface area contributed by atoms with Crippen LogP contribution in [0.25, 0.3) is 0 Å². The predicted molar refractivity (Wildman–Crippen MR) is 77.3 cm³/mol. The van der Waals surface area contributed by atoms with Crippen LogP contribution in [0.15, 0.2) is 36.9 Å². The van der Waals surface area contributed by atoms with Gasteiger partial charge in [0.1, 0.15) is 0 Å². The van der Waals surface area contributed by atoms with Crippen LogP contribution in [0.4, 0.5) is 0 Å². The molecule has 0 amide bonds. The minimum Gasteiger partial charge on any atom is -0.198 e. The van der Waals surface area contributed by atoms with Gasteiger partial charge in [-0.2, -0.15) is 10.5 Å². The SMILES string of the molecule is C=CCC(CC)CCC(C#N)c1ccc(C#N)cc1. The predicted octanol–water partition coefficient (Wildman–Crippen LogP) is 4.55. The van der Waals surface area contributed by atoms with Crippen LogP contribution in [0.1, 0.15) is 49.7 Å². The third kappa shape index (κ3) is 4.60. The van der Waals surface area contributed by atoms with Gasteiger partial charge in [-0.25, -0.2) is 0 Å². The lowest BCUT2D eigenvalue weighted by atomic mass is 9.88. The Labute approximate surface area is 116 Å². The van der Waals surface area contributed by atoms with Gasteiger partial charge in [0, 0.05) is 0 Å². The molecular formula is C17H20N2. The Hall–Kier alpha value is -2.06. The first-order valence-electron chi connectivity index (χ1n) is 6.75. The smallest absolute Gasteiger partial charge is 0.0991 e. The van der Waals surface area contributed by atoms with Crippen molar-refractivity contribution in [3.63, 3.8) is 0 Å². The molecule has 0 saturated heterocycles. The minimum atomic E-state index is -0.0772. The van der Waals surface area contributed by atoms with E-state index in [1.807, 2.05) is 18.2 Å². The number of benzene rings is 1. The highest BCUT2D eigenvalue weighted by molar-refractivity contribution is 5.34. The summed E-state index contributed by atoms with van der Waals surface area (Å²) < 4.78 is 0. The van der Waals surface area contributed by atoms with Gasteiger partial charge < -0.3 is 0 Å². The Morgan fingerprint density at radius 2 is 1.89 bits per heavy atom. The van der Waals surface area contributed by atoms with Crippen LogP contribution in [0.3, 0.4) is 0 Å². The van der Waals surface area contributed by atoms with Gasteiger partial charge in [0.15, 0.2) is 0 Å². The Kier molecular flexibility index (Phi) is 6.41. The fourth-order valence-electron chi connectivity index (χ4n) is 2.22. The normalized spacial score (nSPS) is 13.0. The molecule has 2 atom stereocenters. The first-order chi connectivity index (χ1) is 9.24. The van der Waals surface area contributed by atoms with Crippen molar-refractivity contribution in [3.8, 4) is 12.1 Å². The summed E-state index contributed by atoms with van der Waals surface area (Å²) in [6.07, 6.45) is 6.01. The molecule has 0 aliphatic heterocycles. The molecule has 0 fully saturated rings. The van der Waals surface area contributed by atoms with Crippen LogP contribution in [-0.2, 0) is 0 Å². The van der Waals surface area contributed by atoms with E-state index in [9.17, 15) is 5.26 Å². The van der Waals surface area contributed by atoms with Crippen LogP contribution in [0, 0.1) is 28.6 Å². The maximum atomic E-state index is 9.29. The molecule has 0 aliphatic carbocycles. The number of nitriles is 2. The van der Waals surface area contributed by atoms with Crippen molar-refractivity contribution in [1.29, 1.82) is 10.5 Å². The van der Waals surface area contributed by atoms with E-state index in [0.29, 0.717) is 11.5 Å². The van der Waals surface area contributed by atoms with Gasteiger partial charge in [0.2, 0.25) is 0 Å². The molecule has 0 radical (unpaired) electrons. The van der Waals surface area contributed by atoms with Crippen molar-refractivity contribution >= 4 is 0 Å². The standard InChI is InChI=1S/C17H20N2/c1-3-5-14(4-2)6-11-17(13-19)16-9-7-15(12-18)8-10-16/h3,7-10,14,17H,1,4-6,11H2,2H3. The summed E-state index contributed by atoms with van der Waals surface area (Å²) >= 11 is 0. The van der Waals surface area contributed by atoms with Crippen molar-refractivity contribution in [2.24, 2.45) is 5.92 Å². The molecule has 2 unspecified atom stereocenters. The molecule has 0 bridgehead atoms. The molecule has 2 nitrogen and oxygen atoms in total. The molecular weight excluding hydrogens is 232 g/mol. The Morgan fingerprint density at radius 1 is 1.21 bits per heavy atom. The summed E-state index contributed by atoms with van der Waals surface area (Å²) in [6, 6.07) is 11.8. The second-order valence-corrected chi connectivity index (χ2v) is 4.79. The quantitative estimate of drug-likeness (QED) is 0.668. The third-order valence-electron chi connectivity index (χ3n) is 3.54. The lowest BCUT2D eigenvalue weighted by molar-refractivity contribution is 0.450. The van der Waals surface area contributed by atoms with E-state index in [2.05, 4.69) is 25.6 Å². The molecule has 2 heteroatoms. The van der Waals surface area contributed by atoms with Gasteiger partial charge >= 0.3 is 0 Å². The van der Waals surface area contributed by atoms with Crippen molar-refractivity contribution in [3.05, 3.63) is 48.0 Å². The van der Waals surface area contributed by atoms with Gasteiger partial charge in [0.05, 0.1) is 23.6 Å². The van der Waals surface area contributed by atoms with Crippen LogP contribution in [0.2, 0.25) is 0 Å².